The number of alkyl carbamates (subject to hydrolysis) is 1. The van der Waals surface area contributed by atoms with E-state index < -0.39 is 23.7 Å². The first-order valence-corrected chi connectivity index (χ1v) is 10.5. The van der Waals surface area contributed by atoms with Gasteiger partial charge in [-0.15, -0.1) is 0 Å². The number of carbonyl (C=O) groups excluding carboxylic acids is 2. The molecular weight excluding hydrogens is 412 g/mol. The fourth-order valence-corrected chi connectivity index (χ4v) is 2.76. The summed E-state index contributed by atoms with van der Waals surface area (Å²) in [5.41, 5.74) is 1.00. The number of hydrogen-bond donors (Lipinski definition) is 2. The van der Waals surface area contributed by atoms with E-state index in [1.54, 1.807) is 32.9 Å². The van der Waals surface area contributed by atoms with Gasteiger partial charge in [-0.05, 0) is 44.0 Å². The molecule has 0 fully saturated rings. The number of nitrogens with one attached hydrogen (secondary N) is 1. The number of nitrogens with two attached hydrogens (primary N) is 1. The molecule has 0 saturated carbocycles. The molecule has 0 aliphatic heterocycles. The van der Waals surface area contributed by atoms with Crippen LogP contribution in [0.15, 0.2) is 54.6 Å². The molecule has 1 amide bonds. The summed E-state index contributed by atoms with van der Waals surface area (Å²) in [6, 6.07) is 15.7. The highest BCUT2D eigenvalue weighted by atomic mass is 16.6. The van der Waals surface area contributed by atoms with Gasteiger partial charge in [0.05, 0.1) is 13.2 Å². The zero-order valence-electron chi connectivity index (χ0n) is 18.8. The number of hydrogen-bond acceptors (Lipinski definition) is 7. The standard InChI is InChI=1S/C24H32N2O6/c1-24(2,3)32-22(27)21(26-23(28)30-17-19-8-5-4-6-9-19)16-18-10-12-20(13-11-18)29-14-7-15-31-25/h4-6,8-13,21H,7,14-17,25H2,1-3H3,(H,26,28)/t21-/m0/s1. The van der Waals surface area contributed by atoms with Crippen molar-refractivity contribution in [3.63, 3.8) is 0 Å². The van der Waals surface area contributed by atoms with Crippen molar-refractivity contribution in [2.45, 2.75) is 51.9 Å². The van der Waals surface area contributed by atoms with E-state index in [1.165, 1.54) is 0 Å². The summed E-state index contributed by atoms with van der Waals surface area (Å²) >= 11 is 0. The average Bonchev–Trinajstić information content (AvgIpc) is 2.75. The number of esters is 1. The van der Waals surface area contributed by atoms with Crippen LogP contribution in [0.4, 0.5) is 4.79 Å². The van der Waals surface area contributed by atoms with Gasteiger partial charge >= 0.3 is 12.1 Å². The Bertz CT molecular complexity index is 834. The highest BCUT2D eigenvalue weighted by molar-refractivity contribution is 5.82. The maximum atomic E-state index is 12.7. The summed E-state index contributed by atoms with van der Waals surface area (Å²) in [5.74, 6) is 5.15. The lowest BCUT2D eigenvalue weighted by Crippen LogP contribution is -2.45. The molecule has 8 nitrogen and oxygen atoms in total. The van der Waals surface area contributed by atoms with E-state index in [1.807, 2.05) is 42.5 Å². The Morgan fingerprint density at radius 1 is 0.969 bits per heavy atom. The minimum Gasteiger partial charge on any atom is -0.494 e. The molecule has 8 heteroatoms. The van der Waals surface area contributed by atoms with Crippen LogP contribution >= 0.6 is 0 Å². The van der Waals surface area contributed by atoms with Gasteiger partial charge in [-0.25, -0.2) is 15.5 Å². The van der Waals surface area contributed by atoms with Crippen LogP contribution in [0.2, 0.25) is 0 Å². The fourth-order valence-electron chi connectivity index (χ4n) is 2.76. The molecule has 0 heterocycles. The topological polar surface area (TPSA) is 109 Å². The summed E-state index contributed by atoms with van der Waals surface area (Å²) in [7, 11) is 0. The number of rotatable bonds is 11. The van der Waals surface area contributed by atoms with Gasteiger partial charge in [0.2, 0.25) is 0 Å². The Labute approximate surface area is 188 Å². The van der Waals surface area contributed by atoms with Crippen molar-refractivity contribution in [2.75, 3.05) is 13.2 Å². The Hall–Kier alpha value is -3.10. The van der Waals surface area contributed by atoms with Gasteiger partial charge in [0, 0.05) is 12.8 Å². The van der Waals surface area contributed by atoms with Crippen LogP contribution in [-0.2, 0) is 32.1 Å². The van der Waals surface area contributed by atoms with E-state index in [2.05, 4.69) is 10.2 Å². The van der Waals surface area contributed by atoms with E-state index in [-0.39, 0.29) is 13.0 Å². The molecule has 174 valence electrons. The van der Waals surface area contributed by atoms with Crippen LogP contribution in [0, 0.1) is 0 Å². The number of ether oxygens (including phenoxy) is 3. The summed E-state index contributed by atoms with van der Waals surface area (Å²) < 4.78 is 16.3. The molecule has 0 bridgehead atoms. The first-order valence-electron chi connectivity index (χ1n) is 10.5. The van der Waals surface area contributed by atoms with Gasteiger partial charge in [-0.1, -0.05) is 42.5 Å². The van der Waals surface area contributed by atoms with Crippen LogP contribution in [0.5, 0.6) is 5.75 Å². The molecule has 0 radical (unpaired) electrons. The van der Waals surface area contributed by atoms with E-state index in [9.17, 15) is 9.59 Å². The van der Waals surface area contributed by atoms with Crippen molar-refractivity contribution in [1.29, 1.82) is 0 Å². The Morgan fingerprint density at radius 2 is 1.66 bits per heavy atom. The zero-order chi connectivity index (χ0) is 23.4. The summed E-state index contributed by atoms with van der Waals surface area (Å²) in [5, 5.41) is 2.63. The third kappa shape index (κ3) is 9.80. The molecule has 1 atom stereocenters. The lowest BCUT2D eigenvalue weighted by molar-refractivity contribution is -0.157. The van der Waals surface area contributed by atoms with Crippen molar-refractivity contribution in [1.82, 2.24) is 5.32 Å². The van der Waals surface area contributed by atoms with Gasteiger partial charge in [0.25, 0.3) is 0 Å². The molecule has 2 aromatic rings. The second-order valence-corrected chi connectivity index (χ2v) is 8.21. The van der Waals surface area contributed by atoms with E-state index in [0.717, 1.165) is 11.1 Å². The van der Waals surface area contributed by atoms with Crippen LogP contribution in [0.3, 0.4) is 0 Å². The molecule has 0 spiro atoms. The molecule has 2 aromatic carbocycles. The average molecular weight is 445 g/mol. The predicted molar refractivity (Wildman–Crippen MR) is 120 cm³/mol. The molecular formula is C24H32N2O6. The third-order valence-electron chi connectivity index (χ3n) is 4.23. The minimum atomic E-state index is -0.897. The van der Waals surface area contributed by atoms with Crippen LogP contribution in [0.25, 0.3) is 0 Å². The third-order valence-corrected chi connectivity index (χ3v) is 4.23. The number of benzene rings is 2. The van der Waals surface area contributed by atoms with Crippen molar-refractivity contribution < 1.29 is 28.6 Å². The first kappa shape index (κ1) is 25.2. The first-order chi connectivity index (χ1) is 15.3. The normalized spacial score (nSPS) is 12.0. The highest BCUT2D eigenvalue weighted by Gasteiger charge is 2.27. The molecule has 0 aliphatic carbocycles. The maximum absolute atomic E-state index is 12.7. The second kappa shape index (κ2) is 12.7. The monoisotopic (exact) mass is 444 g/mol. The smallest absolute Gasteiger partial charge is 0.408 e. The Kier molecular flexibility index (Phi) is 9.97. The SMILES string of the molecule is CC(C)(C)OC(=O)[C@H](Cc1ccc(OCCCON)cc1)NC(=O)OCc1ccccc1. The highest BCUT2D eigenvalue weighted by Crippen LogP contribution is 2.16. The van der Waals surface area contributed by atoms with Crippen molar-refractivity contribution in [2.24, 2.45) is 5.90 Å². The van der Waals surface area contributed by atoms with E-state index >= 15 is 0 Å². The van der Waals surface area contributed by atoms with Gasteiger partial charge < -0.3 is 24.4 Å². The molecule has 0 aromatic heterocycles. The van der Waals surface area contributed by atoms with Crippen molar-refractivity contribution >= 4 is 12.1 Å². The minimum absolute atomic E-state index is 0.106. The van der Waals surface area contributed by atoms with Crippen LogP contribution < -0.4 is 16.0 Å². The van der Waals surface area contributed by atoms with Gasteiger partial charge in [-0.3, -0.25) is 0 Å². The lowest BCUT2D eigenvalue weighted by Gasteiger charge is -2.24. The van der Waals surface area contributed by atoms with Crippen molar-refractivity contribution in [3.8, 4) is 5.75 Å². The number of carbonyl (C=O) groups is 2. The summed E-state index contributed by atoms with van der Waals surface area (Å²) in [4.78, 5) is 29.5. The molecule has 2 rings (SSSR count). The van der Waals surface area contributed by atoms with Crippen LogP contribution in [-0.4, -0.2) is 36.9 Å². The Balaban J connectivity index is 1.98. The Morgan fingerprint density at radius 3 is 2.28 bits per heavy atom. The van der Waals surface area contributed by atoms with Gasteiger partial charge in [0.15, 0.2) is 0 Å². The second-order valence-electron chi connectivity index (χ2n) is 8.21. The molecule has 0 saturated heterocycles. The maximum Gasteiger partial charge on any atom is 0.408 e. The summed E-state index contributed by atoms with van der Waals surface area (Å²) in [6.45, 7) is 6.33. The molecule has 0 aliphatic rings. The quantitative estimate of drug-likeness (QED) is 0.310. The molecule has 3 N–H and O–H groups in total. The number of amides is 1. The molecule has 32 heavy (non-hydrogen) atoms. The van der Waals surface area contributed by atoms with Gasteiger partial charge in [0.1, 0.15) is 24.0 Å². The molecule has 0 unspecified atom stereocenters. The zero-order valence-corrected chi connectivity index (χ0v) is 18.8. The lowest BCUT2D eigenvalue weighted by atomic mass is 10.1. The van der Waals surface area contributed by atoms with E-state index in [4.69, 9.17) is 20.1 Å². The largest absolute Gasteiger partial charge is 0.494 e. The van der Waals surface area contributed by atoms with Crippen LogP contribution in [0.1, 0.15) is 38.3 Å². The van der Waals surface area contributed by atoms with Crippen molar-refractivity contribution in [3.05, 3.63) is 65.7 Å². The summed E-state index contributed by atoms with van der Waals surface area (Å²) in [6.07, 6.45) is 0.233. The fraction of sp³-hybridized carbons (Fsp3) is 0.417. The van der Waals surface area contributed by atoms with Gasteiger partial charge in [-0.2, -0.15) is 0 Å². The predicted octanol–water partition coefficient (Wildman–Crippen LogP) is 3.53. The van der Waals surface area contributed by atoms with E-state index in [0.29, 0.717) is 25.4 Å².